The molecule has 134 valence electrons. The first-order valence-electron chi connectivity index (χ1n) is 8.78. The molecule has 0 saturated heterocycles. The minimum atomic E-state index is 0.0501. The van der Waals surface area contributed by atoms with E-state index in [1.54, 1.807) is 18.4 Å². The van der Waals surface area contributed by atoms with Crippen LogP contribution < -0.4 is 10.1 Å². The Bertz CT molecular complexity index is 739. The summed E-state index contributed by atoms with van der Waals surface area (Å²) in [6.45, 7) is 0.573. The summed E-state index contributed by atoms with van der Waals surface area (Å²) in [5, 5.41) is 5.17. The number of nitrogens with zero attached hydrogens (tertiary/aromatic N) is 1. The maximum atomic E-state index is 12.7. The fourth-order valence-corrected chi connectivity index (χ4v) is 4.54. The van der Waals surface area contributed by atoms with Gasteiger partial charge in [-0.3, -0.25) is 4.79 Å². The molecule has 1 atom stereocenters. The molecule has 2 aromatic rings. The number of hydrogen-bond donors (Lipinski definition) is 1. The first-order valence-corrected chi connectivity index (χ1v) is 9.66. The van der Waals surface area contributed by atoms with Gasteiger partial charge in [-0.15, -0.1) is 11.3 Å². The maximum Gasteiger partial charge on any atom is 0.252 e. The predicted octanol–water partition coefficient (Wildman–Crippen LogP) is 3.67. The number of carbonyl (C=O) groups is 1. The molecule has 0 spiro atoms. The minimum absolute atomic E-state index is 0.0501. The van der Waals surface area contributed by atoms with Crippen molar-refractivity contribution in [2.75, 3.05) is 27.7 Å². The number of benzene rings is 1. The van der Waals surface area contributed by atoms with Crippen molar-refractivity contribution in [3.05, 3.63) is 51.2 Å². The van der Waals surface area contributed by atoms with Gasteiger partial charge in [-0.05, 0) is 63.0 Å². The van der Waals surface area contributed by atoms with Gasteiger partial charge in [0.1, 0.15) is 5.75 Å². The van der Waals surface area contributed by atoms with Gasteiger partial charge in [0.15, 0.2) is 0 Å². The Kier molecular flexibility index (Phi) is 5.76. The number of rotatable bonds is 6. The third-order valence-electron chi connectivity index (χ3n) is 4.86. The molecule has 4 nitrogen and oxygen atoms in total. The molecule has 3 rings (SSSR count). The second-order valence-corrected chi connectivity index (χ2v) is 7.69. The number of ether oxygens (including phenoxy) is 1. The van der Waals surface area contributed by atoms with Crippen molar-refractivity contribution in [2.24, 2.45) is 0 Å². The van der Waals surface area contributed by atoms with Crippen molar-refractivity contribution < 1.29 is 9.53 Å². The molecule has 0 aliphatic heterocycles. The van der Waals surface area contributed by atoms with Crippen LogP contribution in [0.25, 0.3) is 0 Å². The van der Waals surface area contributed by atoms with Crippen molar-refractivity contribution in [3.8, 4) is 5.75 Å². The Labute approximate surface area is 153 Å². The number of hydrogen-bond acceptors (Lipinski definition) is 4. The van der Waals surface area contributed by atoms with E-state index in [0.29, 0.717) is 6.54 Å². The number of thiophene rings is 1. The summed E-state index contributed by atoms with van der Waals surface area (Å²) >= 11 is 1.73. The lowest BCUT2D eigenvalue weighted by Gasteiger charge is -2.25. The Balaban J connectivity index is 1.71. The van der Waals surface area contributed by atoms with E-state index in [9.17, 15) is 4.79 Å². The third-order valence-corrected chi connectivity index (χ3v) is 5.95. The molecule has 1 amide bonds. The van der Waals surface area contributed by atoms with Gasteiger partial charge in [0.05, 0.1) is 18.7 Å². The van der Waals surface area contributed by atoms with E-state index >= 15 is 0 Å². The van der Waals surface area contributed by atoms with E-state index in [1.807, 2.05) is 37.7 Å². The number of likely N-dealkylation sites (N-methyl/N-ethyl adjacent to an activating group) is 1. The van der Waals surface area contributed by atoms with Gasteiger partial charge in [0.25, 0.3) is 5.91 Å². The molecule has 5 heteroatoms. The Morgan fingerprint density at radius 3 is 2.88 bits per heavy atom. The highest BCUT2D eigenvalue weighted by Gasteiger charge is 2.22. The highest BCUT2D eigenvalue weighted by Crippen LogP contribution is 2.30. The highest BCUT2D eigenvalue weighted by atomic mass is 32.1. The lowest BCUT2D eigenvalue weighted by atomic mass is 9.95. The first-order chi connectivity index (χ1) is 12.1. The van der Waals surface area contributed by atoms with Crippen LogP contribution in [0, 0.1) is 0 Å². The molecule has 0 bridgehead atoms. The molecule has 1 aliphatic carbocycles. The van der Waals surface area contributed by atoms with Gasteiger partial charge in [0, 0.05) is 16.8 Å². The van der Waals surface area contributed by atoms with E-state index in [2.05, 4.69) is 16.3 Å². The van der Waals surface area contributed by atoms with E-state index in [-0.39, 0.29) is 11.9 Å². The highest BCUT2D eigenvalue weighted by molar-refractivity contribution is 7.10. The average Bonchev–Trinajstić information content (AvgIpc) is 3.06. The SMILES string of the molecule is COc1cccc(C(CNC(=O)c2csc3c2CCCC3)N(C)C)c1. The van der Waals surface area contributed by atoms with Gasteiger partial charge >= 0.3 is 0 Å². The summed E-state index contributed by atoms with van der Waals surface area (Å²) in [5.74, 6) is 0.886. The second-order valence-electron chi connectivity index (χ2n) is 6.72. The zero-order chi connectivity index (χ0) is 17.8. The van der Waals surface area contributed by atoms with E-state index in [4.69, 9.17) is 4.74 Å². The average molecular weight is 359 g/mol. The topological polar surface area (TPSA) is 41.6 Å². The van der Waals surface area contributed by atoms with E-state index in [1.165, 1.54) is 23.3 Å². The number of fused-ring (bicyclic) bond motifs is 1. The lowest BCUT2D eigenvalue weighted by molar-refractivity contribution is 0.0941. The zero-order valence-electron chi connectivity index (χ0n) is 15.2. The van der Waals surface area contributed by atoms with E-state index in [0.717, 1.165) is 29.7 Å². The largest absolute Gasteiger partial charge is 0.497 e. The summed E-state index contributed by atoms with van der Waals surface area (Å²) in [6, 6.07) is 8.14. The number of amides is 1. The van der Waals surface area contributed by atoms with Crippen LogP contribution in [0.15, 0.2) is 29.6 Å². The van der Waals surface area contributed by atoms with Crippen LogP contribution in [0.4, 0.5) is 0 Å². The fraction of sp³-hybridized carbons (Fsp3) is 0.450. The fourth-order valence-electron chi connectivity index (χ4n) is 3.42. The quantitative estimate of drug-likeness (QED) is 0.857. The predicted molar refractivity (Wildman–Crippen MR) is 103 cm³/mol. The first kappa shape index (κ1) is 18.0. The molecule has 0 radical (unpaired) electrons. The molecule has 0 fully saturated rings. The summed E-state index contributed by atoms with van der Waals surface area (Å²) in [4.78, 5) is 16.2. The van der Waals surface area contributed by atoms with Gasteiger partial charge in [-0.25, -0.2) is 0 Å². The number of carbonyl (C=O) groups excluding carboxylic acids is 1. The van der Waals surface area contributed by atoms with Crippen LogP contribution in [0.1, 0.15) is 45.2 Å². The van der Waals surface area contributed by atoms with Crippen molar-refractivity contribution in [2.45, 2.75) is 31.7 Å². The lowest BCUT2D eigenvalue weighted by Crippen LogP contribution is -2.34. The van der Waals surface area contributed by atoms with Gasteiger partial charge in [-0.1, -0.05) is 12.1 Å². The smallest absolute Gasteiger partial charge is 0.252 e. The minimum Gasteiger partial charge on any atom is -0.497 e. The zero-order valence-corrected chi connectivity index (χ0v) is 16.0. The van der Waals surface area contributed by atoms with Crippen molar-refractivity contribution in [1.82, 2.24) is 10.2 Å². The van der Waals surface area contributed by atoms with Crippen LogP contribution in [-0.2, 0) is 12.8 Å². The molecule has 1 N–H and O–H groups in total. The molecular formula is C20H26N2O2S. The van der Waals surface area contributed by atoms with Crippen LogP contribution >= 0.6 is 11.3 Å². The van der Waals surface area contributed by atoms with Gasteiger partial charge in [0.2, 0.25) is 0 Å². The Morgan fingerprint density at radius 1 is 1.32 bits per heavy atom. The molecular weight excluding hydrogens is 332 g/mol. The molecule has 1 aromatic carbocycles. The molecule has 1 unspecified atom stereocenters. The molecule has 1 aromatic heterocycles. The Morgan fingerprint density at radius 2 is 2.12 bits per heavy atom. The summed E-state index contributed by atoms with van der Waals surface area (Å²) in [7, 11) is 5.73. The maximum absolute atomic E-state index is 12.7. The molecule has 25 heavy (non-hydrogen) atoms. The van der Waals surface area contributed by atoms with E-state index < -0.39 is 0 Å². The summed E-state index contributed by atoms with van der Waals surface area (Å²) in [5.41, 5.74) is 3.29. The molecule has 1 heterocycles. The van der Waals surface area contributed by atoms with Crippen molar-refractivity contribution >= 4 is 17.2 Å². The second kappa shape index (κ2) is 8.02. The summed E-state index contributed by atoms with van der Waals surface area (Å²) < 4.78 is 5.33. The van der Waals surface area contributed by atoms with Crippen molar-refractivity contribution in [1.29, 1.82) is 0 Å². The van der Waals surface area contributed by atoms with Crippen LogP contribution in [0.3, 0.4) is 0 Å². The van der Waals surface area contributed by atoms with Gasteiger partial charge in [-0.2, -0.15) is 0 Å². The normalized spacial score (nSPS) is 14.9. The standard InChI is InChI=1S/C20H26N2O2S/c1-22(2)18(14-7-6-8-15(11-14)24-3)12-21-20(23)17-13-25-19-10-5-4-9-16(17)19/h6-8,11,13,18H,4-5,9-10,12H2,1-3H3,(H,21,23). The monoisotopic (exact) mass is 358 g/mol. The van der Waals surface area contributed by atoms with Gasteiger partial charge < -0.3 is 15.0 Å². The number of nitrogens with one attached hydrogen (secondary N) is 1. The third kappa shape index (κ3) is 4.05. The Hall–Kier alpha value is -1.85. The van der Waals surface area contributed by atoms with Crippen LogP contribution in [-0.4, -0.2) is 38.6 Å². The molecule has 0 saturated carbocycles. The molecule has 1 aliphatic rings. The van der Waals surface area contributed by atoms with Crippen LogP contribution in [0.2, 0.25) is 0 Å². The number of methoxy groups -OCH3 is 1. The van der Waals surface area contributed by atoms with Crippen molar-refractivity contribution in [3.63, 3.8) is 0 Å². The van der Waals surface area contributed by atoms with Crippen LogP contribution in [0.5, 0.6) is 5.75 Å². The summed E-state index contributed by atoms with van der Waals surface area (Å²) in [6.07, 6.45) is 4.59. The number of aryl methyl sites for hydroxylation is 1.